The van der Waals surface area contributed by atoms with E-state index in [9.17, 15) is 0 Å². The van der Waals surface area contributed by atoms with E-state index in [1.54, 1.807) is 0 Å². The molecular weight excluding hydrogens is 532 g/mol. The maximum Gasteiger partial charge on any atom is 0.120 e. The van der Waals surface area contributed by atoms with Crippen LogP contribution in [0.1, 0.15) is 76.3 Å². The van der Waals surface area contributed by atoms with E-state index in [-0.39, 0.29) is 0 Å². The number of hydrogen-bond acceptors (Lipinski definition) is 4. The highest BCUT2D eigenvalue weighted by Gasteiger charge is 2.18. The maximum absolute atomic E-state index is 6.15. The third kappa shape index (κ3) is 8.35. The summed E-state index contributed by atoms with van der Waals surface area (Å²) < 4.78 is 20.8. The van der Waals surface area contributed by atoms with Gasteiger partial charge in [-0.15, -0.1) is 0 Å². The predicted octanol–water partition coefficient (Wildman–Crippen LogP) is 9.28. The average molecular weight is 583 g/mol. The molecule has 0 amide bonds. The Bertz CT molecular complexity index is 1420. The number of rotatable bonds is 15. The quantitative estimate of drug-likeness (QED) is 0.131. The Hall–Kier alpha value is -3.44. The number of likely N-dealkylation sites (tertiary alicyclic amines) is 1. The molecule has 43 heavy (non-hydrogen) atoms. The monoisotopic (exact) mass is 582 g/mol. The van der Waals surface area contributed by atoms with Crippen molar-refractivity contribution in [2.45, 2.75) is 78.7 Å². The molecule has 1 saturated heterocycles. The van der Waals surface area contributed by atoms with Crippen molar-refractivity contribution >= 4 is 10.9 Å². The maximum atomic E-state index is 6.15. The highest BCUT2D eigenvalue weighted by molar-refractivity contribution is 5.92. The van der Waals surface area contributed by atoms with Gasteiger partial charge in [0.2, 0.25) is 0 Å². The fourth-order valence-electron chi connectivity index (χ4n) is 6.06. The highest BCUT2D eigenvalue weighted by atomic mass is 16.5. The molecule has 1 aromatic heterocycles. The molecule has 1 fully saturated rings. The lowest BCUT2D eigenvalue weighted by molar-refractivity contribution is 0.214. The van der Waals surface area contributed by atoms with Crippen molar-refractivity contribution in [1.82, 2.24) is 9.47 Å². The molecule has 3 aromatic carbocycles. The normalized spacial score (nSPS) is 14.1. The van der Waals surface area contributed by atoms with Gasteiger partial charge < -0.3 is 18.8 Å². The van der Waals surface area contributed by atoms with E-state index in [1.165, 1.54) is 72.1 Å². The molecule has 230 valence electrons. The number of ether oxygens (including phenoxy) is 3. The molecule has 5 nitrogen and oxygen atoms in total. The van der Waals surface area contributed by atoms with Gasteiger partial charge in [0.15, 0.2) is 0 Å². The summed E-state index contributed by atoms with van der Waals surface area (Å²) in [5.74, 6) is 2.80. The Morgan fingerprint density at radius 2 is 1.33 bits per heavy atom. The van der Waals surface area contributed by atoms with E-state index in [0.29, 0.717) is 0 Å². The zero-order chi connectivity index (χ0) is 29.9. The zero-order valence-corrected chi connectivity index (χ0v) is 26.6. The topological polar surface area (TPSA) is 35.9 Å². The van der Waals surface area contributed by atoms with Crippen LogP contribution in [0.2, 0.25) is 0 Å². The van der Waals surface area contributed by atoms with Gasteiger partial charge >= 0.3 is 0 Å². The first kappa shape index (κ1) is 31.0. The second kappa shape index (κ2) is 15.9. The summed E-state index contributed by atoms with van der Waals surface area (Å²) in [4.78, 5) is 2.55. The number of hydrogen-bond donors (Lipinski definition) is 0. The molecule has 5 rings (SSSR count). The van der Waals surface area contributed by atoms with Crippen molar-refractivity contribution in [2.24, 2.45) is 0 Å². The minimum absolute atomic E-state index is 0.740. The molecule has 0 radical (unpaired) electrons. The van der Waals surface area contributed by atoms with Gasteiger partial charge in [0.25, 0.3) is 0 Å². The fourth-order valence-corrected chi connectivity index (χ4v) is 6.06. The number of aromatic nitrogens is 1. The van der Waals surface area contributed by atoms with E-state index in [2.05, 4.69) is 97.0 Å². The van der Waals surface area contributed by atoms with E-state index in [4.69, 9.17) is 14.2 Å². The largest absolute Gasteiger partial charge is 0.494 e. The molecule has 0 saturated carbocycles. The molecule has 2 heterocycles. The van der Waals surface area contributed by atoms with Gasteiger partial charge in [0.05, 0.1) is 18.9 Å². The first-order chi connectivity index (χ1) is 21.2. The second-order valence-corrected chi connectivity index (χ2v) is 11.9. The summed E-state index contributed by atoms with van der Waals surface area (Å²) in [6, 6.07) is 23.8. The molecule has 0 spiro atoms. The highest BCUT2D eigenvalue weighted by Crippen LogP contribution is 2.37. The third-order valence-corrected chi connectivity index (χ3v) is 8.57. The molecule has 0 atom stereocenters. The summed E-state index contributed by atoms with van der Waals surface area (Å²) in [6.45, 7) is 13.0. The van der Waals surface area contributed by atoms with Gasteiger partial charge in [0, 0.05) is 29.6 Å². The fraction of sp³-hybridized carbons (Fsp3) is 0.474. The van der Waals surface area contributed by atoms with Crippen molar-refractivity contribution in [3.05, 3.63) is 77.9 Å². The van der Waals surface area contributed by atoms with Crippen LogP contribution in [0.25, 0.3) is 22.2 Å². The van der Waals surface area contributed by atoms with Crippen molar-refractivity contribution in [3.8, 4) is 28.5 Å². The zero-order valence-electron chi connectivity index (χ0n) is 26.6. The third-order valence-electron chi connectivity index (χ3n) is 8.57. The summed E-state index contributed by atoms with van der Waals surface area (Å²) in [7, 11) is 0. The first-order valence-electron chi connectivity index (χ1n) is 16.6. The lowest BCUT2D eigenvalue weighted by Gasteiger charge is -2.19. The number of benzene rings is 3. The Kier molecular flexibility index (Phi) is 11.4. The van der Waals surface area contributed by atoms with Crippen LogP contribution in [-0.4, -0.2) is 48.9 Å². The van der Waals surface area contributed by atoms with Gasteiger partial charge in [-0.2, -0.15) is 0 Å². The smallest absolute Gasteiger partial charge is 0.120 e. The van der Waals surface area contributed by atoms with Crippen LogP contribution in [-0.2, 0) is 6.54 Å². The van der Waals surface area contributed by atoms with E-state index < -0.39 is 0 Å². The van der Waals surface area contributed by atoms with Gasteiger partial charge in [0.1, 0.15) is 23.9 Å². The summed E-state index contributed by atoms with van der Waals surface area (Å²) in [5.41, 5.74) is 6.11. The molecule has 5 heteroatoms. The minimum Gasteiger partial charge on any atom is -0.494 e. The Balaban J connectivity index is 1.38. The molecule has 1 aliphatic rings. The molecule has 0 bridgehead atoms. The molecule has 0 unspecified atom stereocenters. The van der Waals surface area contributed by atoms with E-state index in [1.807, 2.05) is 0 Å². The number of aryl methyl sites for hydroxylation is 1. The van der Waals surface area contributed by atoms with Gasteiger partial charge in [-0.25, -0.2) is 0 Å². The number of nitrogens with zero attached hydrogens (tertiary/aromatic N) is 2. The van der Waals surface area contributed by atoms with Crippen molar-refractivity contribution < 1.29 is 14.2 Å². The lowest BCUT2D eigenvalue weighted by atomic mass is 10.1. The van der Waals surface area contributed by atoms with Gasteiger partial charge in [-0.3, -0.25) is 4.90 Å². The van der Waals surface area contributed by atoms with Crippen LogP contribution in [0, 0.1) is 6.92 Å². The molecule has 0 aliphatic carbocycles. The second-order valence-electron chi connectivity index (χ2n) is 11.9. The average Bonchev–Trinajstić information content (AvgIpc) is 3.16. The molecule has 4 aromatic rings. The summed E-state index contributed by atoms with van der Waals surface area (Å²) >= 11 is 0. The van der Waals surface area contributed by atoms with Crippen molar-refractivity contribution in [2.75, 3.05) is 39.5 Å². The van der Waals surface area contributed by atoms with E-state index >= 15 is 0 Å². The number of unbranched alkanes of at least 4 members (excludes halogenated alkanes) is 2. The van der Waals surface area contributed by atoms with Crippen LogP contribution in [0.3, 0.4) is 0 Å². The van der Waals surface area contributed by atoms with Gasteiger partial charge in [-0.1, -0.05) is 63.8 Å². The van der Waals surface area contributed by atoms with Crippen LogP contribution in [0.5, 0.6) is 17.2 Å². The van der Waals surface area contributed by atoms with Crippen molar-refractivity contribution in [1.29, 1.82) is 0 Å². The SMILES string of the molecule is CCCCOc1cccc(-c2c(C)c3cc(OCCCC)ccc3n2Cc2ccc(OCCN3CCCCCC3)cc2)c1. The van der Waals surface area contributed by atoms with Crippen molar-refractivity contribution in [3.63, 3.8) is 0 Å². The summed E-state index contributed by atoms with van der Waals surface area (Å²) in [6.07, 6.45) is 9.72. The van der Waals surface area contributed by atoms with E-state index in [0.717, 1.165) is 75.8 Å². The predicted molar refractivity (Wildman–Crippen MR) is 179 cm³/mol. The Morgan fingerprint density at radius 3 is 2.02 bits per heavy atom. The summed E-state index contributed by atoms with van der Waals surface area (Å²) in [5, 5.41) is 1.23. The van der Waals surface area contributed by atoms with Crippen LogP contribution < -0.4 is 14.2 Å². The molecular formula is C38H50N2O3. The Morgan fingerprint density at radius 1 is 0.674 bits per heavy atom. The first-order valence-corrected chi connectivity index (χ1v) is 16.6. The lowest BCUT2D eigenvalue weighted by Crippen LogP contribution is -2.29. The van der Waals surface area contributed by atoms with Crippen LogP contribution >= 0.6 is 0 Å². The molecule has 0 N–H and O–H groups in total. The van der Waals surface area contributed by atoms with Gasteiger partial charge in [-0.05, 0) is 99.3 Å². The molecule has 1 aliphatic heterocycles. The number of fused-ring (bicyclic) bond motifs is 1. The van der Waals surface area contributed by atoms with Crippen LogP contribution in [0.4, 0.5) is 0 Å². The standard InChI is InChI=1S/C38H50N2O3/c1-4-6-24-41-34-14-12-13-32(27-34)38-30(3)36-28-35(42-25-7-5-2)19-20-37(36)40(38)29-31-15-17-33(18-16-31)43-26-23-39-21-10-8-9-11-22-39/h12-20,27-28H,4-11,21-26,29H2,1-3H3. The Labute approximate surface area is 258 Å². The van der Waals surface area contributed by atoms with Crippen LogP contribution in [0.15, 0.2) is 66.7 Å². The minimum atomic E-state index is 0.740.